The lowest BCUT2D eigenvalue weighted by molar-refractivity contribution is 0.369. The lowest BCUT2D eigenvalue weighted by Crippen LogP contribution is -2.34. The molecule has 1 aliphatic heterocycles. The van der Waals surface area contributed by atoms with Crippen molar-refractivity contribution in [3.05, 3.63) is 69.2 Å². The summed E-state index contributed by atoms with van der Waals surface area (Å²) in [5.41, 5.74) is 8.06. The van der Waals surface area contributed by atoms with Gasteiger partial charge in [-0.3, -0.25) is 9.78 Å². The molecule has 0 fully saturated rings. The van der Waals surface area contributed by atoms with Crippen molar-refractivity contribution in [2.24, 2.45) is 5.73 Å². The third kappa shape index (κ3) is 3.07. The topological polar surface area (TPSA) is 97.2 Å². The van der Waals surface area contributed by atoms with Crippen LogP contribution in [0.15, 0.2) is 46.8 Å². The van der Waals surface area contributed by atoms with E-state index in [1.54, 1.807) is 29.1 Å². The van der Waals surface area contributed by atoms with Gasteiger partial charge in [0.15, 0.2) is 0 Å². The van der Waals surface area contributed by atoms with Gasteiger partial charge in [0, 0.05) is 37.2 Å². The molecule has 26 heavy (non-hydrogen) atoms. The number of ether oxygens (including phenoxy) is 1. The smallest absolute Gasteiger partial charge is 0.258 e. The molecule has 2 aromatic heterocycles. The Kier molecular flexibility index (Phi) is 4.78. The first-order valence-electron chi connectivity index (χ1n) is 8.30. The molecule has 1 atom stereocenters. The molecule has 0 saturated carbocycles. The molecule has 0 aliphatic carbocycles. The Balaban J connectivity index is 2.22. The number of likely N-dealkylation sites (N-methyl/N-ethyl adjacent to an activating group) is 1. The van der Waals surface area contributed by atoms with E-state index in [9.17, 15) is 10.1 Å². The van der Waals surface area contributed by atoms with Crippen molar-refractivity contribution in [1.82, 2.24) is 14.5 Å². The number of pyridine rings is 2. The predicted molar refractivity (Wildman–Crippen MR) is 97.5 cm³/mol. The molecule has 2 N–H and O–H groups in total. The standard InChI is InChI=1S/C19H21N5O2/c1-12-10-15-17(19(25)24(12)9-8-23(2)3)16(13-4-6-22-7-5-13)14(11-20)18(21)26-15/h4-7,10,16H,8-9,21H2,1-3H3/t16-/m1/s1. The monoisotopic (exact) mass is 351 g/mol. The van der Waals surface area contributed by atoms with E-state index in [4.69, 9.17) is 10.5 Å². The molecule has 0 spiro atoms. The van der Waals surface area contributed by atoms with Crippen LogP contribution in [-0.2, 0) is 6.54 Å². The van der Waals surface area contributed by atoms with Crippen molar-refractivity contribution in [2.45, 2.75) is 19.4 Å². The molecule has 0 aromatic carbocycles. The van der Waals surface area contributed by atoms with Crippen LogP contribution < -0.4 is 16.0 Å². The van der Waals surface area contributed by atoms with E-state index in [1.165, 1.54) is 0 Å². The minimum absolute atomic E-state index is 0.0339. The van der Waals surface area contributed by atoms with Crippen molar-refractivity contribution in [3.8, 4) is 11.8 Å². The molecule has 134 valence electrons. The number of aryl methyl sites for hydroxylation is 1. The minimum Gasteiger partial charge on any atom is -0.440 e. The zero-order valence-corrected chi connectivity index (χ0v) is 15.1. The Bertz CT molecular complexity index is 954. The van der Waals surface area contributed by atoms with Gasteiger partial charge in [-0.15, -0.1) is 0 Å². The van der Waals surface area contributed by atoms with Crippen LogP contribution in [0.5, 0.6) is 5.75 Å². The van der Waals surface area contributed by atoms with Crippen LogP contribution in [0.3, 0.4) is 0 Å². The Hall–Kier alpha value is -3.11. The van der Waals surface area contributed by atoms with Crippen LogP contribution >= 0.6 is 0 Å². The van der Waals surface area contributed by atoms with Gasteiger partial charge in [-0.2, -0.15) is 5.26 Å². The average molecular weight is 351 g/mol. The summed E-state index contributed by atoms with van der Waals surface area (Å²) in [6, 6.07) is 7.49. The lowest BCUT2D eigenvalue weighted by Gasteiger charge is -2.27. The van der Waals surface area contributed by atoms with E-state index >= 15 is 0 Å². The second kappa shape index (κ2) is 7.02. The number of allylic oxidation sites excluding steroid dienone is 1. The predicted octanol–water partition coefficient (Wildman–Crippen LogP) is 1.33. The Morgan fingerprint density at radius 1 is 1.38 bits per heavy atom. The second-order valence-electron chi connectivity index (χ2n) is 6.53. The van der Waals surface area contributed by atoms with Crippen LogP contribution in [-0.4, -0.2) is 35.1 Å². The molecule has 0 bridgehead atoms. The molecule has 1 aliphatic rings. The van der Waals surface area contributed by atoms with Crippen molar-refractivity contribution < 1.29 is 4.74 Å². The molecule has 7 nitrogen and oxygen atoms in total. The van der Waals surface area contributed by atoms with Gasteiger partial charge in [0.05, 0.1) is 11.5 Å². The number of nitriles is 1. The Morgan fingerprint density at radius 3 is 2.69 bits per heavy atom. The number of hydrogen-bond acceptors (Lipinski definition) is 6. The van der Waals surface area contributed by atoms with E-state index < -0.39 is 5.92 Å². The second-order valence-corrected chi connectivity index (χ2v) is 6.53. The molecular weight excluding hydrogens is 330 g/mol. The third-order valence-corrected chi connectivity index (χ3v) is 4.50. The quantitative estimate of drug-likeness (QED) is 0.892. The zero-order chi connectivity index (χ0) is 18.8. The normalized spacial score (nSPS) is 16.2. The van der Waals surface area contributed by atoms with E-state index in [0.717, 1.165) is 17.8 Å². The van der Waals surface area contributed by atoms with Gasteiger partial charge in [0.25, 0.3) is 5.56 Å². The molecule has 3 rings (SSSR count). The maximum absolute atomic E-state index is 13.3. The summed E-state index contributed by atoms with van der Waals surface area (Å²) in [5, 5.41) is 9.61. The van der Waals surface area contributed by atoms with Crippen LogP contribution in [0.1, 0.15) is 22.7 Å². The number of fused-ring (bicyclic) bond motifs is 1. The lowest BCUT2D eigenvalue weighted by atomic mass is 9.84. The highest BCUT2D eigenvalue weighted by Crippen LogP contribution is 2.40. The maximum atomic E-state index is 13.3. The van der Waals surface area contributed by atoms with Gasteiger partial charge < -0.3 is 19.9 Å². The van der Waals surface area contributed by atoms with Gasteiger partial charge in [0.2, 0.25) is 5.88 Å². The molecule has 0 unspecified atom stereocenters. The van der Waals surface area contributed by atoms with Crippen LogP contribution in [0.4, 0.5) is 0 Å². The van der Waals surface area contributed by atoms with E-state index in [-0.39, 0.29) is 17.0 Å². The van der Waals surface area contributed by atoms with E-state index in [0.29, 0.717) is 17.9 Å². The highest BCUT2D eigenvalue weighted by molar-refractivity contribution is 5.54. The summed E-state index contributed by atoms with van der Waals surface area (Å²) in [6.45, 7) is 3.14. The largest absolute Gasteiger partial charge is 0.440 e. The van der Waals surface area contributed by atoms with Crippen molar-refractivity contribution in [1.29, 1.82) is 5.26 Å². The van der Waals surface area contributed by atoms with Gasteiger partial charge in [-0.05, 0) is 38.7 Å². The first-order valence-corrected chi connectivity index (χ1v) is 8.30. The molecule has 0 saturated heterocycles. The third-order valence-electron chi connectivity index (χ3n) is 4.50. The Labute approximate surface area is 151 Å². The van der Waals surface area contributed by atoms with Crippen molar-refractivity contribution in [2.75, 3.05) is 20.6 Å². The average Bonchev–Trinajstić information content (AvgIpc) is 2.60. The number of hydrogen-bond donors (Lipinski definition) is 1. The fourth-order valence-corrected chi connectivity index (χ4v) is 3.15. The van der Waals surface area contributed by atoms with Crippen LogP contribution in [0.25, 0.3) is 0 Å². The maximum Gasteiger partial charge on any atom is 0.258 e. The highest BCUT2D eigenvalue weighted by atomic mass is 16.5. The molecule has 0 radical (unpaired) electrons. The zero-order valence-electron chi connectivity index (χ0n) is 15.1. The number of nitrogens with two attached hydrogens (primary N) is 1. The van der Waals surface area contributed by atoms with E-state index in [1.807, 2.05) is 32.0 Å². The number of rotatable bonds is 4. The van der Waals surface area contributed by atoms with Gasteiger partial charge in [0.1, 0.15) is 17.4 Å². The van der Waals surface area contributed by atoms with Gasteiger partial charge in [-0.1, -0.05) is 0 Å². The Morgan fingerprint density at radius 2 is 2.08 bits per heavy atom. The number of aromatic nitrogens is 2. The van der Waals surface area contributed by atoms with Crippen molar-refractivity contribution in [3.63, 3.8) is 0 Å². The van der Waals surface area contributed by atoms with Crippen molar-refractivity contribution >= 4 is 0 Å². The highest BCUT2D eigenvalue weighted by Gasteiger charge is 2.34. The first kappa shape index (κ1) is 17.7. The summed E-state index contributed by atoms with van der Waals surface area (Å²) in [7, 11) is 3.91. The van der Waals surface area contributed by atoms with Crippen LogP contribution in [0, 0.1) is 18.3 Å². The van der Waals surface area contributed by atoms with Crippen LogP contribution in [0.2, 0.25) is 0 Å². The summed E-state index contributed by atoms with van der Waals surface area (Å²) in [5.74, 6) is -0.121. The molecule has 2 aromatic rings. The van der Waals surface area contributed by atoms with Gasteiger partial charge >= 0.3 is 0 Å². The van der Waals surface area contributed by atoms with E-state index in [2.05, 4.69) is 11.1 Å². The molecular formula is C19H21N5O2. The fourth-order valence-electron chi connectivity index (χ4n) is 3.15. The fraction of sp³-hybridized carbons (Fsp3) is 0.316. The molecule has 0 amide bonds. The molecule has 7 heteroatoms. The van der Waals surface area contributed by atoms with Gasteiger partial charge in [-0.25, -0.2) is 0 Å². The molecule has 3 heterocycles. The summed E-state index contributed by atoms with van der Waals surface area (Å²) >= 11 is 0. The summed E-state index contributed by atoms with van der Waals surface area (Å²) < 4.78 is 7.34. The summed E-state index contributed by atoms with van der Waals surface area (Å²) in [6.07, 6.45) is 3.27. The summed E-state index contributed by atoms with van der Waals surface area (Å²) in [4.78, 5) is 19.3. The SMILES string of the molecule is Cc1cc2c(c(=O)n1CCN(C)C)[C@H](c1ccncc1)C(C#N)=C(N)O2. The number of nitrogens with zero attached hydrogens (tertiary/aromatic N) is 4. The first-order chi connectivity index (χ1) is 12.4. The minimum atomic E-state index is -0.564.